The Bertz CT molecular complexity index is 686. The quantitative estimate of drug-likeness (QED) is 0.796. The number of rotatable bonds is 6. The highest BCUT2D eigenvalue weighted by atomic mass is 16.5. The zero-order valence-corrected chi connectivity index (χ0v) is 12.7. The standard InChI is InChI=1S/C16H19N3O3/c1-3-4-9-22-12-8-6-5-7-11(12)14-13(15(20)21)10(2)18-16(17)19-14/h5-8H,3-4,9H2,1-2H3,(H,20,21)(H2,17,18,19). The maximum Gasteiger partial charge on any atom is 0.339 e. The maximum absolute atomic E-state index is 11.5. The highest BCUT2D eigenvalue weighted by Crippen LogP contribution is 2.32. The lowest BCUT2D eigenvalue weighted by Gasteiger charge is -2.13. The van der Waals surface area contributed by atoms with Gasteiger partial charge >= 0.3 is 5.97 Å². The van der Waals surface area contributed by atoms with Crippen molar-refractivity contribution in [2.75, 3.05) is 12.3 Å². The number of aromatic nitrogens is 2. The highest BCUT2D eigenvalue weighted by molar-refractivity contribution is 5.96. The molecule has 0 aliphatic carbocycles. The molecular weight excluding hydrogens is 282 g/mol. The van der Waals surface area contributed by atoms with Crippen molar-refractivity contribution in [3.05, 3.63) is 35.5 Å². The number of anilines is 1. The summed E-state index contributed by atoms with van der Waals surface area (Å²) in [5.41, 5.74) is 6.94. The molecule has 116 valence electrons. The summed E-state index contributed by atoms with van der Waals surface area (Å²) in [4.78, 5) is 19.6. The van der Waals surface area contributed by atoms with Crippen LogP contribution in [0.4, 0.5) is 5.95 Å². The molecule has 1 aromatic carbocycles. The summed E-state index contributed by atoms with van der Waals surface area (Å²) >= 11 is 0. The summed E-state index contributed by atoms with van der Waals surface area (Å²) in [5, 5.41) is 9.44. The molecule has 0 fully saturated rings. The fourth-order valence-electron chi connectivity index (χ4n) is 2.16. The average molecular weight is 301 g/mol. The molecule has 0 spiro atoms. The maximum atomic E-state index is 11.5. The van der Waals surface area contributed by atoms with Gasteiger partial charge in [0, 0.05) is 5.56 Å². The van der Waals surface area contributed by atoms with E-state index in [1.54, 1.807) is 25.1 Å². The van der Waals surface area contributed by atoms with Crippen LogP contribution in [0, 0.1) is 6.92 Å². The van der Waals surface area contributed by atoms with Crippen LogP contribution in [0.1, 0.15) is 35.8 Å². The van der Waals surface area contributed by atoms with E-state index in [0.29, 0.717) is 23.6 Å². The van der Waals surface area contributed by atoms with Gasteiger partial charge in [0.05, 0.1) is 18.0 Å². The number of hydrogen-bond acceptors (Lipinski definition) is 5. The lowest BCUT2D eigenvalue weighted by Crippen LogP contribution is -2.10. The van der Waals surface area contributed by atoms with Gasteiger partial charge in [-0.15, -0.1) is 0 Å². The van der Waals surface area contributed by atoms with E-state index in [-0.39, 0.29) is 17.2 Å². The minimum Gasteiger partial charge on any atom is -0.493 e. The smallest absolute Gasteiger partial charge is 0.339 e. The number of carboxylic acids is 1. The molecular formula is C16H19N3O3. The highest BCUT2D eigenvalue weighted by Gasteiger charge is 2.21. The molecule has 0 amide bonds. The SMILES string of the molecule is CCCCOc1ccccc1-c1nc(N)nc(C)c1C(=O)O. The first-order valence-corrected chi connectivity index (χ1v) is 7.14. The molecule has 0 atom stereocenters. The van der Waals surface area contributed by atoms with Crippen LogP contribution in [0.5, 0.6) is 5.75 Å². The summed E-state index contributed by atoms with van der Waals surface area (Å²) in [6.45, 7) is 4.24. The molecule has 0 aliphatic rings. The molecule has 3 N–H and O–H groups in total. The molecule has 0 radical (unpaired) electrons. The molecule has 0 bridgehead atoms. The molecule has 0 saturated carbocycles. The van der Waals surface area contributed by atoms with Gasteiger partial charge in [0.15, 0.2) is 0 Å². The van der Waals surface area contributed by atoms with E-state index in [9.17, 15) is 9.90 Å². The first-order chi connectivity index (χ1) is 10.5. The number of benzene rings is 1. The molecule has 22 heavy (non-hydrogen) atoms. The molecule has 0 saturated heterocycles. The van der Waals surface area contributed by atoms with Crippen LogP contribution in [0.15, 0.2) is 24.3 Å². The number of nitrogens with zero attached hydrogens (tertiary/aromatic N) is 2. The fraction of sp³-hybridized carbons (Fsp3) is 0.312. The third kappa shape index (κ3) is 3.33. The van der Waals surface area contributed by atoms with E-state index in [2.05, 4.69) is 16.9 Å². The summed E-state index contributed by atoms with van der Waals surface area (Å²) in [5.74, 6) is -0.451. The van der Waals surface area contributed by atoms with E-state index >= 15 is 0 Å². The number of carboxylic acid groups (broad SMARTS) is 1. The Morgan fingerprint density at radius 1 is 1.32 bits per heavy atom. The minimum atomic E-state index is -1.09. The lowest BCUT2D eigenvalue weighted by molar-refractivity contribution is 0.0696. The van der Waals surface area contributed by atoms with Gasteiger partial charge in [-0.05, 0) is 25.5 Å². The Kier molecular flexibility index (Phi) is 4.93. The fourth-order valence-corrected chi connectivity index (χ4v) is 2.16. The van der Waals surface area contributed by atoms with Crippen molar-refractivity contribution < 1.29 is 14.6 Å². The predicted molar refractivity (Wildman–Crippen MR) is 84.0 cm³/mol. The molecule has 2 aromatic rings. The van der Waals surface area contributed by atoms with Crippen LogP contribution >= 0.6 is 0 Å². The van der Waals surface area contributed by atoms with Crippen molar-refractivity contribution >= 4 is 11.9 Å². The van der Waals surface area contributed by atoms with Crippen LogP contribution in [0.3, 0.4) is 0 Å². The first-order valence-electron chi connectivity index (χ1n) is 7.14. The van der Waals surface area contributed by atoms with Crippen molar-refractivity contribution in [2.45, 2.75) is 26.7 Å². The number of aromatic carboxylic acids is 1. The molecule has 0 aliphatic heterocycles. The monoisotopic (exact) mass is 301 g/mol. The largest absolute Gasteiger partial charge is 0.493 e. The Labute approximate surface area is 129 Å². The number of ether oxygens (including phenoxy) is 1. The summed E-state index contributed by atoms with van der Waals surface area (Å²) in [6.07, 6.45) is 1.94. The van der Waals surface area contributed by atoms with Crippen LogP contribution < -0.4 is 10.5 Å². The molecule has 6 nitrogen and oxygen atoms in total. The van der Waals surface area contributed by atoms with Crippen molar-refractivity contribution in [1.82, 2.24) is 9.97 Å². The molecule has 6 heteroatoms. The van der Waals surface area contributed by atoms with Crippen LogP contribution in [0.2, 0.25) is 0 Å². The van der Waals surface area contributed by atoms with Gasteiger partial charge in [0.2, 0.25) is 5.95 Å². The van der Waals surface area contributed by atoms with Crippen LogP contribution in [-0.4, -0.2) is 27.7 Å². The lowest BCUT2D eigenvalue weighted by atomic mass is 10.0. The van der Waals surface area contributed by atoms with Crippen LogP contribution in [-0.2, 0) is 0 Å². The summed E-state index contributed by atoms with van der Waals surface area (Å²) in [6, 6.07) is 7.21. The van der Waals surface area contributed by atoms with Gasteiger partial charge in [-0.1, -0.05) is 25.5 Å². The third-order valence-corrected chi connectivity index (χ3v) is 3.22. The van der Waals surface area contributed by atoms with Gasteiger partial charge in [-0.3, -0.25) is 0 Å². The van der Waals surface area contributed by atoms with Gasteiger partial charge in [-0.25, -0.2) is 14.8 Å². The van der Waals surface area contributed by atoms with E-state index < -0.39 is 5.97 Å². The van der Waals surface area contributed by atoms with Crippen molar-refractivity contribution in [3.8, 4) is 17.0 Å². The van der Waals surface area contributed by atoms with Gasteiger partial charge in [0.1, 0.15) is 11.3 Å². The number of nitrogen functional groups attached to an aromatic ring is 1. The van der Waals surface area contributed by atoms with Crippen molar-refractivity contribution in [2.24, 2.45) is 0 Å². The second-order valence-corrected chi connectivity index (χ2v) is 4.89. The van der Waals surface area contributed by atoms with Gasteiger partial charge < -0.3 is 15.6 Å². The number of nitrogens with two attached hydrogens (primary N) is 1. The van der Waals surface area contributed by atoms with Crippen molar-refractivity contribution in [3.63, 3.8) is 0 Å². The van der Waals surface area contributed by atoms with Crippen LogP contribution in [0.25, 0.3) is 11.3 Å². The zero-order chi connectivity index (χ0) is 16.1. The number of unbranched alkanes of at least 4 members (excludes halogenated alkanes) is 1. The number of para-hydroxylation sites is 1. The van der Waals surface area contributed by atoms with E-state index in [4.69, 9.17) is 10.5 Å². The van der Waals surface area contributed by atoms with Gasteiger partial charge in [-0.2, -0.15) is 0 Å². The second-order valence-electron chi connectivity index (χ2n) is 4.89. The van der Waals surface area contributed by atoms with E-state index in [0.717, 1.165) is 12.8 Å². The Morgan fingerprint density at radius 2 is 2.05 bits per heavy atom. The molecule has 0 unspecified atom stereocenters. The zero-order valence-electron chi connectivity index (χ0n) is 12.7. The minimum absolute atomic E-state index is 0.0424. The average Bonchev–Trinajstić information content (AvgIpc) is 2.46. The number of carbonyl (C=O) groups is 1. The first kappa shape index (κ1) is 15.8. The van der Waals surface area contributed by atoms with Crippen molar-refractivity contribution in [1.29, 1.82) is 0 Å². The second kappa shape index (κ2) is 6.89. The number of aryl methyl sites for hydroxylation is 1. The number of hydrogen-bond donors (Lipinski definition) is 2. The summed E-state index contributed by atoms with van der Waals surface area (Å²) in [7, 11) is 0. The summed E-state index contributed by atoms with van der Waals surface area (Å²) < 4.78 is 5.75. The molecule has 2 rings (SSSR count). The topological polar surface area (TPSA) is 98.3 Å². The van der Waals surface area contributed by atoms with Gasteiger partial charge in [0.25, 0.3) is 0 Å². The third-order valence-electron chi connectivity index (χ3n) is 3.22. The predicted octanol–water partition coefficient (Wildman–Crippen LogP) is 2.91. The normalized spacial score (nSPS) is 10.5. The Hall–Kier alpha value is -2.63. The Morgan fingerprint density at radius 3 is 2.73 bits per heavy atom. The Balaban J connectivity index is 2.54. The molecule has 1 heterocycles. The van der Waals surface area contributed by atoms with E-state index in [1.807, 2.05) is 6.07 Å². The molecule has 1 aromatic heterocycles. The van der Waals surface area contributed by atoms with E-state index in [1.165, 1.54) is 0 Å².